The molecule has 3 heteroatoms. The van der Waals surface area contributed by atoms with E-state index in [1.807, 2.05) is 24.3 Å². The second-order valence-electron chi connectivity index (χ2n) is 1.93. The first-order valence-corrected chi connectivity index (χ1v) is 4.93. The van der Waals surface area contributed by atoms with Crippen molar-refractivity contribution >= 4 is 34.0 Å². The highest BCUT2D eigenvalue weighted by Crippen LogP contribution is 2.19. The highest BCUT2D eigenvalue weighted by atomic mass is 79.9. The van der Waals surface area contributed by atoms with E-state index in [9.17, 15) is 4.79 Å². The lowest BCUT2D eigenvalue weighted by Gasteiger charge is -1.95. The van der Waals surface area contributed by atoms with Crippen LogP contribution < -0.4 is 0 Å². The number of halogens is 1. The van der Waals surface area contributed by atoms with Crippen molar-refractivity contribution in [2.45, 2.75) is 4.90 Å². The van der Waals surface area contributed by atoms with Gasteiger partial charge in [-0.3, -0.25) is 0 Å². The molecule has 0 aliphatic heterocycles. The molecule has 0 aliphatic carbocycles. The van der Waals surface area contributed by atoms with Gasteiger partial charge in [-0.2, -0.15) is 0 Å². The van der Waals surface area contributed by atoms with Gasteiger partial charge in [0.05, 0.1) is 5.75 Å². The van der Waals surface area contributed by atoms with E-state index in [1.165, 1.54) is 0 Å². The van der Waals surface area contributed by atoms with Crippen LogP contribution >= 0.6 is 27.7 Å². The van der Waals surface area contributed by atoms with Gasteiger partial charge in [-0.1, -0.05) is 15.9 Å². The molecular formula is C8H7BrOS. The molecule has 0 amide bonds. The molecule has 0 saturated carbocycles. The number of benzene rings is 1. The van der Waals surface area contributed by atoms with E-state index in [4.69, 9.17) is 0 Å². The third-order valence-electron chi connectivity index (χ3n) is 1.13. The Morgan fingerprint density at radius 2 is 2.00 bits per heavy atom. The van der Waals surface area contributed by atoms with E-state index in [0.717, 1.165) is 15.7 Å². The van der Waals surface area contributed by atoms with Crippen LogP contribution in [0.5, 0.6) is 0 Å². The molecule has 1 aromatic rings. The maximum atomic E-state index is 10.0. The Labute approximate surface area is 78.3 Å². The molecule has 0 atom stereocenters. The quantitative estimate of drug-likeness (QED) is 0.587. The molecule has 0 unspecified atom stereocenters. The van der Waals surface area contributed by atoms with Gasteiger partial charge in [-0.15, -0.1) is 11.8 Å². The Kier molecular flexibility index (Phi) is 3.66. The Bertz CT molecular complexity index is 232. The molecule has 1 nitrogen and oxygen atoms in total. The number of rotatable bonds is 3. The van der Waals surface area contributed by atoms with Crippen molar-refractivity contribution in [2.75, 3.05) is 5.75 Å². The molecule has 0 heterocycles. The second-order valence-corrected chi connectivity index (χ2v) is 3.94. The molecule has 0 radical (unpaired) electrons. The second kappa shape index (κ2) is 4.57. The number of thioether (sulfide) groups is 1. The standard InChI is InChI=1S/C8H7BrOS/c9-7-1-3-8(4-2-7)11-6-5-10/h1-5H,6H2. The van der Waals surface area contributed by atoms with Crippen LogP contribution in [0.3, 0.4) is 0 Å². The van der Waals surface area contributed by atoms with Crippen LogP contribution in [0.25, 0.3) is 0 Å². The monoisotopic (exact) mass is 230 g/mol. The summed E-state index contributed by atoms with van der Waals surface area (Å²) in [6.45, 7) is 0. The summed E-state index contributed by atoms with van der Waals surface area (Å²) in [5.74, 6) is 0.529. The fourth-order valence-electron chi connectivity index (χ4n) is 0.661. The Morgan fingerprint density at radius 3 is 2.55 bits per heavy atom. The molecule has 1 rings (SSSR count). The van der Waals surface area contributed by atoms with Crippen LogP contribution in [-0.4, -0.2) is 12.0 Å². The highest BCUT2D eigenvalue weighted by Gasteiger charge is 1.91. The van der Waals surface area contributed by atoms with Crippen LogP contribution in [0.15, 0.2) is 33.6 Å². The molecule has 0 bridgehead atoms. The lowest BCUT2D eigenvalue weighted by atomic mass is 10.4. The van der Waals surface area contributed by atoms with Crippen molar-refractivity contribution < 1.29 is 4.79 Å². The number of carbonyl (C=O) groups excluding carboxylic acids is 1. The average Bonchev–Trinajstić information content (AvgIpc) is 2.04. The van der Waals surface area contributed by atoms with Gasteiger partial charge in [0.1, 0.15) is 6.29 Å². The summed E-state index contributed by atoms with van der Waals surface area (Å²) >= 11 is 4.88. The van der Waals surface area contributed by atoms with Crippen LogP contribution in [0, 0.1) is 0 Å². The maximum Gasteiger partial charge on any atom is 0.130 e. The van der Waals surface area contributed by atoms with E-state index in [0.29, 0.717) is 5.75 Å². The zero-order valence-electron chi connectivity index (χ0n) is 5.79. The van der Waals surface area contributed by atoms with Gasteiger partial charge in [-0.25, -0.2) is 0 Å². The summed E-state index contributed by atoms with van der Waals surface area (Å²) in [6.07, 6.45) is 0.909. The molecule has 1 aromatic carbocycles. The van der Waals surface area contributed by atoms with Crippen molar-refractivity contribution in [3.05, 3.63) is 28.7 Å². The van der Waals surface area contributed by atoms with Gasteiger partial charge in [0.25, 0.3) is 0 Å². The summed E-state index contributed by atoms with van der Waals surface area (Å²) in [6, 6.07) is 7.90. The number of hydrogen-bond acceptors (Lipinski definition) is 2. The smallest absolute Gasteiger partial charge is 0.130 e. The fourth-order valence-corrected chi connectivity index (χ4v) is 1.51. The molecule has 58 valence electrons. The number of carbonyl (C=O) groups is 1. The van der Waals surface area contributed by atoms with Gasteiger partial charge in [0, 0.05) is 9.37 Å². The van der Waals surface area contributed by atoms with Gasteiger partial charge in [0.15, 0.2) is 0 Å². The zero-order valence-corrected chi connectivity index (χ0v) is 8.19. The van der Waals surface area contributed by atoms with E-state index in [2.05, 4.69) is 15.9 Å². The largest absolute Gasteiger partial charge is 0.302 e. The fraction of sp³-hybridized carbons (Fsp3) is 0.125. The van der Waals surface area contributed by atoms with Crippen LogP contribution in [0.2, 0.25) is 0 Å². The lowest BCUT2D eigenvalue weighted by Crippen LogP contribution is -1.77. The molecule has 0 spiro atoms. The summed E-state index contributed by atoms with van der Waals surface area (Å²) in [5.41, 5.74) is 0. The topological polar surface area (TPSA) is 17.1 Å². The van der Waals surface area contributed by atoms with E-state index < -0.39 is 0 Å². The van der Waals surface area contributed by atoms with E-state index >= 15 is 0 Å². The SMILES string of the molecule is O=CCSc1ccc(Br)cc1. The third kappa shape index (κ3) is 3.08. The third-order valence-corrected chi connectivity index (χ3v) is 2.57. The highest BCUT2D eigenvalue weighted by molar-refractivity contribution is 9.10. The number of aldehydes is 1. The summed E-state index contributed by atoms with van der Waals surface area (Å²) < 4.78 is 1.06. The lowest BCUT2D eigenvalue weighted by molar-refractivity contribution is -0.105. The van der Waals surface area contributed by atoms with Crippen molar-refractivity contribution in [1.82, 2.24) is 0 Å². The van der Waals surface area contributed by atoms with Crippen molar-refractivity contribution in [3.63, 3.8) is 0 Å². The van der Waals surface area contributed by atoms with Gasteiger partial charge >= 0.3 is 0 Å². The summed E-state index contributed by atoms with van der Waals surface area (Å²) in [4.78, 5) is 11.1. The minimum atomic E-state index is 0.529. The minimum Gasteiger partial charge on any atom is -0.302 e. The predicted octanol–water partition coefficient (Wildman–Crippen LogP) is 2.74. The normalized spacial score (nSPS) is 9.55. The van der Waals surface area contributed by atoms with Crippen molar-refractivity contribution in [3.8, 4) is 0 Å². The van der Waals surface area contributed by atoms with Crippen molar-refractivity contribution in [1.29, 1.82) is 0 Å². The van der Waals surface area contributed by atoms with E-state index in [1.54, 1.807) is 11.8 Å². The van der Waals surface area contributed by atoms with Gasteiger partial charge < -0.3 is 4.79 Å². The maximum absolute atomic E-state index is 10.0. The van der Waals surface area contributed by atoms with Crippen LogP contribution in [-0.2, 0) is 4.79 Å². The van der Waals surface area contributed by atoms with E-state index in [-0.39, 0.29) is 0 Å². The Hall–Kier alpha value is -0.280. The first-order valence-electron chi connectivity index (χ1n) is 3.15. The molecule has 11 heavy (non-hydrogen) atoms. The molecule has 0 fully saturated rings. The summed E-state index contributed by atoms with van der Waals surface area (Å²) in [7, 11) is 0. The van der Waals surface area contributed by atoms with Crippen LogP contribution in [0.4, 0.5) is 0 Å². The first kappa shape index (κ1) is 8.81. The van der Waals surface area contributed by atoms with Gasteiger partial charge in [0.2, 0.25) is 0 Å². The molecule has 0 aliphatic rings. The van der Waals surface area contributed by atoms with Gasteiger partial charge in [-0.05, 0) is 24.3 Å². The Balaban J connectivity index is 2.58. The first-order chi connectivity index (χ1) is 5.33. The van der Waals surface area contributed by atoms with Crippen LogP contribution in [0.1, 0.15) is 0 Å². The average molecular weight is 231 g/mol. The molecular weight excluding hydrogens is 224 g/mol. The molecule has 0 saturated heterocycles. The minimum absolute atomic E-state index is 0.529. The predicted molar refractivity (Wildman–Crippen MR) is 50.9 cm³/mol. The van der Waals surface area contributed by atoms with Crippen molar-refractivity contribution in [2.24, 2.45) is 0 Å². The molecule has 0 aromatic heterocycles. The summed E-state index contributed by atoms with van der Waals surface area (Å²) in [5, 5.41) is 0. The zero-order chi connectivity index (χ0) is 8.10. The number of hydrogen-bond donors (Lipinski definition) is 0. The molecule has 0 N–H and O–H groups in total. The Morgan fingerprint density at radius 1 is 1.36 bits per heavy atom.